The molecule has 8 nitrogen and oxygen atoms in total. The van der Waals surface area contributed by atoms with Gasteiger partial charge in [0.1, 0.15) is 11.7 Å². The third kappa shape index (κ3) is 3.96. The van der Waals surface area contributed by atoms with Crippen LogP contribution in [-0.2, 0) is 20.2 Å². The molecule has 0 amide bonds. The number of halogens is 1. The average Bonchev–Trinajstić information content (AvgIpc) is 3.26. The van der Waals surface area contributed by atoms with E-state index in [2.05, 4.69) is 10.3 Å². The summed E-state index contributed by atoms with van der Waals surface area (Å²) in [6.07, 6.45) is 2.43. The maximum Gasteiger partial charge on any atom is 0.278 e. The number of oxime groups is 1. The number of aromatic amines is 1. The fraction of sp³-hybridized carbons (Fsp3) is 0.450. The highest BCUT2D eigenvalue weighted by Crippen LogP contribution is 2.29. The second kappa shape index (κ2) is 7.70. The smallest absolute Gasteiger partial charge is 0.278 e. The van der Waals surface area contributed by atoms with Crippen molar-refractivity contribution < 1.29 is 18.0 Å². The van der Waals surface area contributed by atoms with E-state index >= 15 is 0 Å². The molecule has 162 valence electrons. The van der Waals surface area contributed by atoms with Crippen LogP contribution in [0.15, 0.2) is 33.2 Å². The average molecular weight is 454 g/mol. The third-order valence-corrected chi connectivity index (χ3v) is 6.43. The van der Waals surface area contributed by atoms with E-state index in [4.69, 9.17) is 16.4 Å². The van der Waals surface area contributed by atoms with Crippen molar-refractivity contribution >= 4 is 32.9 Å². The van der Waals surface area contributed by atoms with Crippen molar-refractivity contribution in [3.63, 3.8) is 0 Å². The molecule has 1 aromatic carbocycles. The Balaban J connectivity index is 2.16. The van der Waals surface area contributed by atoms with Gasteiger partial charge < -0.3 is 9.94 Å². The normalized spacial score (nSPS) is 17.0. The Morgan fingerprint density at radius 3 is 2.50 bits per heavy atom. The summed E-state index contributed by atoms with van der Waals surface area (Å²) in [5, 5.41) is 6.84. The molecule has 3 rings (SSSR count). The molecule has 0 aliphatic carbocycles. The number of ketones is 1. The summed E-state index contributed by atoms with van der Waals surface area (Å²) >= 11 is 5.84. The minimum atomic E-state index is -3.60. The number of rotatable bonds is 5. The monoisotopic (exact) mass is 453 g/mol. The van der Waals surface area contributed by atoms with Crippen molar-refractivity contribution in [1.82, 2.24) is 9.78 Å². The Morgan fingerprint density at radius 2 is 2.00 bits per heavy atom. The van der Waals surface area contributed by atoms with Crippen LogP contribution in [0.1, 0.15) is 54.2 Å². The van der Waals surface area contributed by atoms with E-state index in [0.717, 1.165) is 6.26 Å². The van der Waals surface area contributed by atoms with Gasteiger partial charge in [0.05, 0.1) is 22.0 Å². The molecule has 0 bridgehead atoms. The van der Waals surface area contributed by atoms with Crippen LogP contribution >= 0.6 is 11.6 Å². The van der Waals surface area contributed by atoms with Gasteiger partial charge >= 0.3 is 0 Å². The highest BCUT2D eigenvalue weighted by molar-refractivity contribution is 7.90. The zero-order chi connectivity index (χ0) is 22.4. The van der Waals surface area contributed by atoms with Gasteiger partial charge in [0.15, 0.2) is 15.6 Å². The summed E-state index contributed by atoms with van der Waals surface area (Å²) in [4.78, 5) is 31.3. The van der Waals surface area contributed by atoms with Crippen molar-refractivity contribution in [3.05, 3.63) is 50.9 Å². The van der Waals surface area contributed by atoms with Crippen LogP contribution in [0.4, 0.5) is 0 Å². The maximum atomic E-state index is 13.2. The molecule has 1 aliphatic heterocycles. The molecule has 0 spiro atoms. The van der Waals surface area contributed by atoms with Gasteiger partial charge in [0, 0.05) is 30.0 Å². The number of hydrogen-bond acceptors (Lipinski definition) is 6. The minimum absolute atomic E-state index is 0.0191. The maximum absolute atomic E-state index is 13.2. The lowest BCUT2D eigenvalue weighted by Crippen LogP contribution is -2.34. The highest BCUT2D eigenvalue weighted by Gasteiger charge is 2.30. The van der Waals surface area contributed by atoms with E-state index in [1.807, 2.05) is 20.8 Å². The van der Waals surface area contributed by atoms with E-state index in [0.29, 0.717) is 23.3 Å². The molecule has 0 saturated heterocycles. The van der Waals surface area contributed by atoms with Gasteiger partial charge in [-0.1, -0.05) is 5.16 Å². The molecule has 0 saturated carbocycles. The van der Waals surface area contributed by atoms with Crippen molar-refractivity contribution in [2.75, 3.05) is 12.1 Å². The molecule has 1 aliphatic rings. The summed E-state index contributed by atoms with van der Waals surface area (Å²) < 4.78 is 26.1. The minimum Gasteiger partial charge on any atom is -0.391 e. The van der Waals surface area contributed by atoms with Crippen LogP contribution in [0.2, 0.25) is 0 Å². The van der Waals surface area contributed by atoms with E-state index in [1.165, 1.54) is 23.0 Å². The lowest BCUT2D eigenvalue weighted by atomic mass is 9.93. The second-order valence-electron chi connectivity index (χ2n) is 8.33. The third-order valence-electron chi connectivity index (χ3n) is 4.95. The fourth-order valence-electron chi connectivity index (χ4n) is 3.44. The Bertz CT molecular complexity index is 1200. The van der Waals surface area contributed by atoms with Gasteiger partial charge in [-0.3, -0.25) is 9.59 Å². The number of hydrogen-bond donors (Lipinski definition) is 1. The van der Waals surface area contributed by atoms with Crippen molar-refractivity contribution in [2.24, 2.45) is 5.16 Å². The number of sulfone groups is 1. The molecule has 2 heterocycles. The van der Waals surface area contributed by atoms with Crippen molar-refractivity contribution in [1.29, 1.82) is 0 Å². The van der Waals surface area contributed by atoms with E-state index in [1.54, 1.807) is 6.92 Å². The van der Waals surface area contributed by atoms with E-state index in [-0.39, 0.29) is 28.0 Å². The van der Waals surface area contributed by atoms with Crippen LogP contribution in [0.3, 0.4) is 0 Å². The molecule has 2 aromatic rings. The first kappa shape index (κ1) is 22.3. The van der Waals surface area contributed by atoms with Gasteiger partial charge in [-0.2, -0.15) is 0 Å². The molecular weight excluding hydrogens is 430 g/mol. The predicted octanol–water partition coefficient (Wildman–Crippen LogP) is 2.61. The number of carbonyl (C=O) groups excluding carboxylic acids is 1. The first-order valence-corrected chi connectivity index (χ1v) is 11.8. The predicted molar refractivity (Wildman–Crippen MR) is 115 cm³/mol. The lowest BCUT2D eigenvalue weighted by Gasteiger charge is -2.18. The van der Waals surface area contributed by atoms with E-state index < -0.39 is 26.7 Å². The summed E-state index contributed by atoms with van der Waals surface area (Å²) in [5.74, 6) is -0.291. The highest BCUT2D eigenvalue weighted by atomic mass is 35.5. The number of alkyl halides is 1. The molecule has 0 radical (unpaired) electrons. The first-order chi connectivity index (χ1) is 13.9. The number of benzene rings is 1. The first-order valence-electron chi connectivity index (χ1n) is 9.34. The second-order valence-corrected chi connectivity index (χ2v) is 10.6. The number of nitrogens with one attached hydrogen (secondary N) is 1. The Labute approximate surface area is 179 Å². The molecule has 1 unspecified atom stereocenters. The van der Waals surface area contributed by atoms with Crippen LogP contribution in [-0.4, -0.2) is 47.9 Å². The SMILES string of the molecule is Cc1c(C(=O)c2c[nH]n(C(C)(C)C)c2=O)ccc(S(C)(=O)=O)c1C1=NOC(CCl)C1. The number of H-pyrrole nitrogens is 1. The number of nitrogens with zero attached hydrogens (tertiary/aromatic N) is 2. The van der Waals surface area contributed by atoms with Crippen LogP contribution in [0.5, 0.6) is 0 Å². The van der Waals surface area contributed by atoms with Crippen molar-refractivity contribution in [3.8, 4) is 0 Å². The molecular formula is C20H24ClN3O5S. The number of carbonyl (C=O) groups is 1. The van der Waals surface area contributed by atoms with Gasteiger partial charge in [-0.15, -0.1) is 11.6 Å². The molecule has 1 atom stereocenters. The van der Waals surface area contributed by atoms with Crippen LogP contribution in [0.25, 0.3) is 0 Å². The standard InChI is InChI=1S/C20H24ClN3O5S/c1-11-13(18(25)14-10-22-24(19(14)26)20(2,3)4)6-7-16(30(5,27)28)17(11)15-8-12(9-21)29-23-15/h6-7,10,12,22H,8-9H2,1-5H3. The van der Waals surface area contributed by atoms with Gasteiger partial charge in [-0.05, 0) is 45.4 Å². The van der Waals surface area contributed by atoms with E-state index in [9.17, 15) is 18.0 Å². The molecule has 30 heavy (non-hydrogen) atoms. The largest absolute Gasteiger partial charge is 0.391 e. The number of aromatic nitrogens is 2. The lowest BCUT2D eigenvalue weighted by molar-refractivity contribution is 0.102. The Morgan fingerprint density at radius 1 is 1.33 bits per heavy atom. The zero-order valence-electron chi connectivity index (χ0n) is 17.4. The van der Waals surface area contributed by atoms with Gasteiger partial charge in [-0.25, -0.2) is 13.1 Å². The molecule has 0 fully saturated rings. The summed E-state index contributed by atoms with van der Waals surface area (Å²) in [7, 11) is -3.60. The summed E-state index contributed by atoms with van der Waals surface area (Å²) in [5.41, 5.74) is 0.397. The molecule has 10 heteroatoms. The van der Waals surface area contributed by atoms with Crippen LogP contribution in [0, 0.1) is 6.92 Å². The van der Waals surface area contributed by atoms with Crippen LogP contribution < -0.4 is 5.56 Å². The van der Waals surface area contributed by atoms with Gasteiger partial charge in [0.25, 0.3) is 5.56 Å². The summed E-state index contributed by atoms with van der Waals surface area (Å²) in [6.45, 7) is 7.17. The van der Waals surface area contributed by atoms with Crippen molar-refractivity contribution in [2.45, 2.75) is 50.7 Å². The zero-order valence-corrected chi connectivity index (χ0v) is 19.0. The fourth-order valence-corrected chi connectivity index (χ4v) is 4.56. The summed E-state index contributed by atoms with van der Waals surface area (Å²) in [6, 6.07) is 2.80. The topological polar surface area (TPSA) is 111 Å². The Hall–Kier alpha value is -2.39. The van der Waals surface area contributed by atoms with Gasteiger partial charge in [0.2, 0.25) is 0 Å². The quantitative estimate of drug-likeness (QED) is 0.552. The molecule has 1 aromatic heterocycles. The molecule has 1 N–H and O–H groups in total. The Kier molecular flexibility index (Phi) is 5.72.